The van der Waals surface area contributed by atoms with Crippen LogP contribution < -0.4 is 15.4 Å². The van der Waals surface area contributed by atoms with Gasteiger partial charge in [-0.05, 0) is 23.8 Å². The number of ether oxygens (including phenoxy) is 1. The average molecular weight is 351 g/mol. The second kappa shape index (κ2) is 5.80. The number of urea groups is 1. The van der Waals surface area contributed by atoms with Gasteiger partial charge in [0, 0.05) is 17.0 Å². The lowest BCUT2D eigenvalue weighted by molar-refractivity contribution is -0.124. The summed E-state index contributed by atoms with van der Waals surface area (Å²) in [5.41, 5.74) is -0.660. The molecule has 1 aliphatic heterocycles. The number of carbonyl (C=O) groups excluding carboxylic acids is 2. The molecule has 0 aliphatic carbocycles. The van der Waals surface area contributed by atoms with Crippen molar-refractivity contribution >= 4 is 22.7 Å². The number of fused-ring (bicyclic) bond motifs is 1. The number of rotatable bonds is 4. The first-order valence-corrected chi connectivity index (χ1v) is 8.08. The molecule has 1 atom stereocenters. The van der Waals surface area contributed by atoms with Crippen LogP contribution in [0.5, 0.6) is 11.6 Å². The predicted octanol–water partition coefficient (Wildman–Crippen LogP) is 2.09. The van der Waals surface area contributed by atoms with E-state index in [2.05, 4.69) is 10.6 Å². The zero-order valence-corrected chi connectivity index (χ0v) is 14.0. The third-order valence-corrected chi connectivity index (χ3v) is 4.68. The molecule has 0 bridgehead atoms. The molecule has 7 nitrogen and oxygen atoms in total. The first kappa shape index (κ1) is 16.0. The Morgan fingerprint density at radius 3 is 2.58 bits per heavy atom. The van der Waals surface area contributed by atoms with Crippen LogP contribution in [0.4, 0.5) is 4.79 Å². The largest absolute Gasteiger partial charge is 0.497 e. The van der Waals surface area contributed by atoms with Gasteiger partial charge in [0.15, 0.2) is 11.4 Å². The lowest BCUT2D eigenvalue weighted by Gasteiger charge is -2.27. The van der Waals surface area contributed by atoms with Crippen LogP contribution in [0.2, 0.25) is 0 Å². The number of aromatic hydroxyl groups is 1. The van der Waals surface area contributed by atoms with E-state index in [0.29, 0.717) is 16.7 Å². The van der Waals surface area contributed by atoms with Crippen LogP contribution in [0.1, 0.15) is 5.56 Å². The predicted molar refractivity (Wildman–Crippen MR) is 94.9 cm³/mol. The number of methoxy groups -OCH3 is 1. The number of nitrogens with zero attached hydrogens (tertiary/aromatic N) is 1. The van der Waals surface area contributed by atoms with Crippen molar-refractivity contribution in [2.24, 2.45) is 0 Å². The third-order valence-electron chi connectivity index (χ3n) is 4.68. The highest BCUT2D eigenvalue weighted by atomic mass is 16.5. The molecule has 132 valence electrons. The molecular formula is C19H17N3O4. The van der Waals surface area contributed by atoms with Gasteiger partial charge in [0.05, 0.1) is 13.7 Å². The fraction of sp³-hybridized carbons (Fsp3) is 0.158. The fourth-order valence-electron chi connectivity index (χ4n) is 3.36. The molecule has 2 aromatic carbocycles. The minimum atomic E-state index is -1.30. The lowest BCUT2D eigenvalue weighted by Crippen LogP contribution is -2.47. The molecule has 26 heavy (non-hydrogen) atoms. The van der Waals surface area contributed by atoms with Crippen LogP contribution in [0, 0.1) is 0 Å². The third kappa shape index (κ3) is 2.36. The van der Waals surface area contributed by atoms with Crippen LogP contribution in [-0.4, -0.2) is 28.7 Å². The molecule has 0 unspecified atom stereocenters. The molecule has 0 spiro atoms. The molecule has 4 rings (SSSR count). The molecule has 0 radical (unpaired) electrons. The maximum Gasteiger partial charge on any atom is 0.322 e. The Morgan fingerprint density at radius 1 is 1.15 bits per heavy atom. The van der Waals surface area contributed by atoms with E-state index in [9.17, 15) is 14.7 Å². The van der Waals surface area contributed by atoms with Crippen molar-refractivity contribution in [3.05, 3.63) is 60.3 Å². The smallest absolute Gasteiger partial charge is 0.322 e. The second-order valence-electron chi connectivity index (χ2n) is 6.21. The van der Waals surface area contributed by atoms with Crippen LogP contribution in [0.25, 0.3) is 10.8 Å². The minimum Gasteiger partial charge on any atom is -0.497 e. The van der Waals surface area contributed by atoms with Crippen molar-refractivity contribution in [3.8, 4) is 11.6 Å². The Labute approximate surface area is 149 Å². The van der Waals surface area contributed by atoms with Gasteiger partial charge in [0.1, 0.15) is 5.75 Å². The van der Waals surface area contributed by atoms with Gasteiger partial charge in [-0.15, -0.1) is 0 Å². The standard InChI is InChI=1S/C19H17N3O4/c1-26-14-7-8-15-12(9-14)10-22(16(15)23)11-19(13-5-3-2-4-6-13)17(24)20-18(25)21-19/h2-10,23H,11H2,1H3,(H2,20,21,24,25)/t19-/m1/s1. The van der Waals surface area contributed by atoms with E-state index < -0.39 is 17.5 Å². The molecule has 3 aromatic rings. The number of benzene rings is 2. The Morgan fingerprint density at radius 2 is 1.92 bits per heavy atom. The first-order chi connectivity index (χ1) is 12.5. The molecule has 1 fully saturated rings. The van der Waals surface area contributed by atoms with Crippen LogP contribution >= 0.6 is 0 Å². The summed E-state index contributed by atoms with van der Waals surface area (Å²) in [5, 5.41) is 17.0. The number of nitrogens with one attached hydrogen (secondary N) is 2. The highest BCUT2D eigenvalue weighted by molar-refractivity contribution is 6.07. The summed E-state index contributed by atoms with van der Waals surface area (Å²) in [4.78, 5) is 24.5. The van der Waals surface area contributed by atoms with Crippen molar-refractivity contribution in [3.63, 3.8) is 0 Å². The Hall–Kier alpha value is -3.48. The van der Waals surface area contributed by atoms with Crippen molar-refractivity contribution in [1.29, 1.82) is 0 Å². The molecule has 1 aromatic heterocycles. The van der Waals surface area contributed by atoms with E-state index in [-0.39, 0.29) is 12.4 Å². The highest BCUT2D eigenvalue weighted by Crippen LogP contribution is 2.34. The van der Waals surface area contributed by atoms with E-state index in [4.69, 9.17) is 4.74 Å². The van der Waals surface area contributed by atoms with Gasteiger partial charge in [0.2, 0.25) is 0 Å². The Balaban J connectivity index is 1.82. The summed E-state index contributed by atoms with van der Waals surface area (Å²) in [6, 6.07) is 13.7. The summed E-state index contributed by atoms with van der Waals surface area (Å²) in [6.45, 7) is 0.0530. The van der Waals surface area contributed by atoms with Gasteiger partial charge < -0.3 is 19.7 Å². The zero-order chi connectivity index (χ0) is 18.3. The highest BCUT2D eigenvalue weighted by Gasteiger charge is 2.48. The summed E-state index contributed by atoms with van der Waals surface area (Å²) in [7, 11) is 1.57. The summed E-state index contributed by atoms with van der Waals surface area (Å²) in [5.74, 6) is 0.231. The van der Waals surface area contributed by atoms with Gasteiger partial charge in [0.25, 0.3) is 5.91 Å². The number of aromatic nitrogens is 1. The first-order valence-electron chi connectivity index (χ1n) is 8.08. The van der Waals surface area contributed by atoms with Crippen molar-refractivity contribution < 1.29 is 19.4 Å². The Kier molecular flexibility index (Phi) is 3.57. The molecule has 2 heterocycles. The van der Waals surface area contributed by atoms with E-state index in [1.54, 1.807) is 60.3 Å². The molecule has 1 aliphatic rings. The van der Waals surface area contributed by atoms with Gasteiger partial charge in [-0.3, -0.25) is 10.1 Å². The molecule has 0 saturated carbocycles. The average Bonchev–Trinajstić information content (AvgIpc) is 3.12. The van der Waals surface area contributed by atoms with Crippen LogP contribution in [0.3, 0.4) is 0 Å². The zero-order valence-electron chi connectivity index (χ0n) is 14.0. The maximum absolute atomic E-state index is 12.6. The number of amides is 3. The van der Waals surface area contributed by atoms with Gasteiger partial charge >= 0.3 is 6.03 Å². The normalized spacial score (nSPS) is 19.4. The quantitative estimate of drug-likeness (QED) is 0.628. The number of hydrogen-bond donors (Lipinski definition) is 3. The van der Waals surface area contributed by atoms with E-state index in [1.165, 1.54) is 0 Å². The Bertz CT molecular complexity index is 1010. The van der Waals surface area contributed by atoms with Gasteiger partial charge in [-0.2, -0.15) is 0 Å². The van der Waals surface area contributed by atoms with Crippen LogP contribution in [0.15, 0.2) is 54.7 Å². The maximum atomic E-state index is 12.6. The number of imide groups is 1. The second-order valence-corrected chi connectivity index (χ2v) is 6.21. The SMILES string of the molecule is COc1ccc2c(O)n(C[C@]3(c4ccccc4)NC(=O)NC3=O)cc2c1. The number of carbonyl (C=O) groups is 2. The van der Waals surface area contributed by atoms with Crippen molar-refractivity contribution in [1.82, 2.24) is 15.2 Å². The molecule has 3 N–H and O–H groups in total. The molecule has 3 amide bonds. The molecule has 1 saturated heterocycles. The number of hydrogen-bond acceptors (Lipinski definition) is 4. The summed E-state index contributed by atoms with van der Waals surface area (Å²) in [6.07, 6.45) is 1.73. The van der Waals surface area contributed by atoms with Gasteiger partial charge in [-0.25, -0.2) is 4.79 Å². The van der Waals surface area contributed by atoms with Crippen molar-refractivity contribution in [2.75, 3.05) is 7.11 Å². The fourth-order valence-corrected chi connectivity index (χ4v) is 3.36. The lowest BCUT2D eigenvalue weighted by atomic mass is 9.90. The summed E-state index contributed by atoms with van der Waals surface area (Å²) < 4.78 is 6.77. The van der Waals surface area contributed by atoms with E-state index in [0.717, 1.165) is 5.39 Å². The minimum absolute atomic E-state index is 0.0203. The van der Waals surface area contributed by atoms with Gasteiger partial charge in [-0.1, -0.05) is 30.3 Å². The molecular weight excluding hydrogens is 334 g/mol. The van der Waals surface area contributed by atoms with E-state index >= 15 is 0 Å². The summed E-state index contributed by atoms with van der Waals surface area (Å²) >= 11 is 0. The van der Waals surface area contributed by atoms with E-state index in [1.807, 2.05) is 6.07 Å². The monoisotopic (exact) mass is 351 g/mol. The van der Waals surface area contributed by atoms with Crippen molar-refractivity contribution in [2.45, 2.75) is 12.1 Å². The molecule has 7 heteroatoms. The topological polar surface area (TPSA) is 92.6 Å². The van der Waals surface area contributed by atoms with Crippen LogP contribution in [-0.2, 0) is 16.9 Å².